The van der Waals surface area contributed by atoms with E-state index in [0.29, 0.717) is 13.2 Å². The molecule has 19 heavy (non-hydrogen) atoms. The molecule has 0 heterocycles. The van der Waals surface area contributed by atoms with E-state index in [1.807, 2.05) is 24.3 Å². The number of halogens is 1. The molecule has 2 rings (SSSR count). The van der Waals surface area contributed by atoms with Gasteiger partial charge in [-0.05, 0) is 54.8 Å². The van der Waals surface area contributed by atoms with Gasteiger partial charge in [0.15, 0.2) is 0 Å². The largest absolute Gasteiger partial charge is 0.489 e. The van der Waals surface area contributed by atoms with Crippen molar-refractivity contribution in [2.45, 2.75) is 19.4 Å². The maximum absolute atomic E-state index is 13.0. The van der Waals surface area contributed by atoms with Gasteiger partial charge in [0.1, 0.15) is 18.2 Å². The molecule has 0 saturated heterocycles. The number of benzene rings is 2. The Hall–Kier alpha value is -1.87. The fourth-order valence-electron chi connectivity index (χ4n) is 1.89. The summed E-state index contributed by atoms with van der Waals surface area (Å²) in [5, 5.41) is 0. The van der Waals surface area contributed by atoms with Gasteiger partial charge in [-0.25, -0.2) is 4.39 Å². The van der Waals surface area contributed by atoms with Crippen LogP contribution in [0, 0.1) is 5.82 Å². The van der Waals surface area contributed by atoms with Gasteiger partial charge in [-0.1, -0.05) is 24.3 Å². The van der Waals surface area contributed by atoms with E-state index in [4.69, 9.17) is 10.5 Å². The second kappa shape index (κ2) is 6.90. The van der Waals surface area contributed by atoms with E-state index in [2.05, 4.69) is 6.07 Å². The van der Waals surface area contributed by atoms with E-state index < -0.39 is 0 Å². The molecule has 2 N–H and O–H groups in total. The number of rotatable bonds is 6. The molecule has 2 aromatic rings. The monoisotopic (exact) mass is 259 g/mol. The molecule has 0 aliphatic heterocycles. The summed E-state index contributed by atoms with van der Waals surface area (Å²) in [5.41, 5.74) is 7.53. The number of nitrogens with two attached hydrogens (primary N) is 1. The lowest BCUT2D eigenvalue weighted by Gasteiger charge is -2.08. The third-order valence-corrected chi connectivity index (χ3v) is 2.86. The molecule has 0 atom stereocenters. The summed E-state index contributed by atoms with van der Waals surface area (Å²) < 4.78 is 18.7. The Kier molecular flexibility index (Phi) is 4.93. The molecule has 2 aromatic carbocycles. The maximum Gasteiger partial charge on any atom is 0.123 e. The zero-order valence-corrected chi connectivity index (χ0v) is 10.8. The minimum absolute atomic E-state index is 0.238. The maximum atomic E-state index is 13.0. The molecular formula is C16H18FNO. The van der Waals surface area contributed by atoms with E-state index in [1.54, 1.807) is 6.07 Å². The standard InChI is InChI=1S/C16H18FNO/c17-15-7-1-5-14(10-15)12-19-16-8-2-4-13(11-16)6-3-9-18/h1-2,4-5,7-8,10-11H,3,6,9,12,18H2. The number of aryl methyl sites for hydroxylation is 1. The average Bonchev–Trinajstić information content (AvgIpc) is 2.43. The first kappa shape index (κ1) is 13.6. The Morgan fingerprint density at radius 1 is 1.00 bits per heavy atom. The van der Waals surface area contributed by atoms with Gasteiger partial charge in [-0.15, -0.1) is 0 Å². The first-order valence-corrected chi connectivity index (χ1v) is 6.44. The van der Waals surface area contributed by atoms with Crippen LogP contribution in [-0.2, 0) is 13.0 Å². The molecule has 3 heteroatoms. The third-order valence-electron chi connectivity index (χ3n) is 2.86. The van der Waals surface area contributed by atoms with Gasteiger partial charge in [0.2, 0.25) is 0 Å². The van der Waals surface area contributed by atoms with Gasteiger partial charge in [0.25, 0.3) is 0 Å². The summed E-state index contributed by atoms with van der Waals surface area (Å²) >= 11 is 0. The van der Waals surface area contributed by atoms with E-state index >= 15 is 0 Å². The molecule has 0 spiro atoms. The zero-order valence-electron chi connectivity index (χ0n) is 10.8. The molecule has 0 unspecified atom stereocenters. The second-order valence-corrected chi connectivity index (χ2v) is 4.46. The normalized spacial score (nSPS) is 10.4. The van der Waals surface area contributed by atoms with Crippen molar-refractivity contribution in [2.75, 3.05) is 6.54 Å². The molecule has 0 aliphatic carbocycles. The Morgan fingerprint density at radius 3 is 2.58 bits per heavy atom. The Balaban J connectivity index is 1.95. The van der Waals surface area contributed by atoms with Gasteiger partial charge >= 0.3 is 0 Å². The molecule has 0 aromatic heterocycles. The third kappa shape index (κ3) is 4.38. The average molecular weight is 259 g/mol. The van der Waals surface area contributed by atoms with Crippen molar-refractivity contribution in [3.8, 4) is 5.75 Å². The van der Waals surface area contributed by atoms with Gasteiger partial charge in [0.05, 0.1) is 0 Å². The van der Waals surface area contributed by atoms with E-state index in [-0.39, 0.29) is 5.82 Å². The van der Waals surface area contributed by atoms with E-state index in [1.165, 1.54) is 17.7 Å². The molecule has 0 radical (unpaired) electrons. The van der Waals surface area contributed by atoms with Gasteiger partial charge in [0, 0.05) is 0 Å². The first-order chi connectivity index (χ1) is 9.28. The SMILES string of the molecule is NCCCc1cccc(OCc2cccc(F)c2)c1. The van der Waals surface area contributed by atoms with Crippen molar-refractivity contribution in [1.82, 2.24) is 0 Å². The fourth-order valence-corrected chi connectivity index (χ4v) is 1.89. The van der Waals surface area contributed by atoms with Crippen LogP contribution in [0.2, 0.25) is 0 Å². The van der Waals surface area contributed by atoms with E-state index in [0.717, 1.165) is 24.2 Å². The van der Waals surface area contributed by atoms with Crippen molar-refractivity contribution in [3.05, 3.63) is 65.5 Å². The minimum Gasteiger partial charge on any atom is -0.489 e. The van der Waals surface area contributed by atoms with Crippen molar-refractivity contribution in [1.29, 1.82) is 0 Å². The molecule has 0 aliphatic rings. The molecule has 0 saturated carbocycles. The lowest BCUT2D eigenvalue weighted by molar-refractivity contribution is 0.305. The number of ether oxygens (including phenoxy) is 1. The summed E-state index contributed by atoms with van der Waals surface area (Å²) in [4.78, 5) is 0. The van der Waals surface area contributed by atoms with Crippen LogP contribution >= 0.6 is 0 Å². The van der Waals surface area contributed by atoms with E-state index in [9.17, 15) is 4.39 Å². The zero-order chi connectivity index (χ0) is 13.5. The van der Waals surface area contributed by atoms with Crippen LogP contribution in [-0.4, -0.2) is 6.54 Å². The van der Waals surface area contributed by atoms with Crippen molar-refractivity contribution >= 4 is 0 Å². The Bertz CT molecular complexity index is 528. The summed E-state index contributed by atoms with van der Waals surface area (Å²) in [6, 6.07) is 14.4. The summed E-state index contributed by atoms with van der Waals surface area (Å²) in [6.45, 7) is 1.06. The Labute approximate surface area is 113 Å². The predicted octanol–water partition coefficient (Wildman–Crippen LogP) is 3.30. The predicted molar refractivity (Wildman–Crippen MR) is 74.5 cm³/mol. The molecule has 0 fully saturated rings. The molecule has 100 valence electrons. The van der Waals surface area contributed by atoms with Gasteiger partial charge in [-0.2, -0.15) is 0 Å². The molecule has 0 amide bonds. The highest BCUT2D eigenvalue weighted by Crippen LogP contribution is 2.16. The van der Waals surface area contributed by atoms with Gasteiger partial charge < -0.3 is 10.5 Å². The smallest absolute Gasteiger partial charge is 0.123 e. The lowest BCUT2D eigenvalue weighted by Crippen LogP contribution is -2.01. The van der Waals surface area contributed by atoms with Gasteiger partial charge in [-0.3, -0.25) is 0 Å². The van der Waals surface area contributed by atoms with Crippen LogP contribution in [0.4, 0.5) is 4.39 Å². The lowest BCUT2D eigenvalue weighted by atomic mass is 10.1. The Morgan fingerprint density at radius 2 is 1.79 bits per heavy atom. The van der Waals surface area contributed by atoms with Crippen molar-refractivity contribution in [2.24, 2.45) is 5.73 Å². The van der Waals surface area contributed by atoms with Crippen LogP contribution in [0.25, 0.3) is 0 Å². The molecular weight excluding hydrogens is 241 g/mol. The highest BCUT2D eigenvalue weighted by Gasteiger charge is 1.99. The number of hydrogen-bond acceptors (Lipinski definition) is 2. The molecule has 2 nitrogen and oxygen atoms in total. The van der Waals surface area contributed by atoms with Crippen LogP contribution in [0.5, 0.6) is 5.75 Å². The van der Waals surface area contributed by atoms with Crippen molar-refractivity contribution in [3.63, 3.8) is 0 Å². The fraction of sp³-hybridized carbons (Fsp3) is 0.250. The van der Waals surface area contributed by atoms with Crippen LogP contribution < -0.4 is 10.5 Å². The number of hydrogen-bond donors (Lipinski definition) is 1. The summed E-state index contributed by atoms with van der Waals surface area (Å²) in [6.07, 6.45) is 1.92. The van der Waals surface area contributed by atoms with Crippen molar-refractivity contribution < 1.29 is 9.13 Å². The minimum atomic E-state index is -0.238. The second-order valence-electron chi connectivity index (χ2n) is 4.46. The van der Waals surface area contributed by atoms with Crippen LogP contribution in [0.15, 0.2) is 48.5 Å². The topological polar surface area (TPSA) is 35.2 Å². The first-order valence-electron chi connectivity index (χ1n) is 6.44. The van der Waals surface area contributed by atoms with Crippen LogP contribution in [0.1, 0.15) is 17.5 Å². The molecule has 0 bridgehead atoms. The highest BCUT2D eigenvalue weighted by atomic mass is 19.1. The van der Waals surface area contributed by atoms with Crippen LogP contribution in [0.3, 0.4) is 0 Å². The quantitative estimate of drug-likeness (QED) is 0.864. The summed E-state index contributed by atoms with van der Waals surface area (Å²) in [7, 11) is 0. The summed E-state index contributed by atoms with van der Waals surface area (Å²) in [5.74, 6) is 0.566. The highest BCUT2D eigenvalue weighted by molar-refractivity contribution is 5.29.